The van der Waals surface area contributed by atoms with Gasteiger partial charge < -0.3 is 10.6 Å². The van der Waals surface area contributed by atoms with E-state index in [1.54, 1.807) is 6.20 Å². The van der Waals surface area contributed by atoms with E-state index < -0.39 is 0 Å². The van der Waals surface area contributed by atoms with Crippen LogP contribution in [0.1, 0.15) is 38.7 Å². The van der Waals surface area contributed by atoms with Gasteiger partial charge in [0, 0.05) is 12.2 Å². The van der Waals surface area contributed by atoms with Crippen molar-refractivity contribution in [1.29, 1.82) is 0 Å². The van der Waals surface area contributed by atoms with Crippen LogP contribution in [0, 0.1) is 0 Å². The molecule has 0 radical (unpaired) electrons. The highest BCUT2D eigenvalue weighted by Gasteiger charge is 2.03. The van der Waals surface area contributed by atoms with E-state index in [2.05, 4.69) is 51.8 Å². The molecule has 0 saturated carbocycles. The molecule has 112 valence electrons. The Hall–Kier alpha value is -2.17. The second-order valence-electron chi connectivity index (χ2n) is 4.93. The Labute approximate surface area is 126 Å². The third-order valence-electron chi connectivity index (χ3n) is 3.28. The molecule has 0 amide bonds. The topological polar surface area (TPSA) is 62.7 Å². The summed E-state index contributed by atoms with van der Waals surface area (Å²) in [6.45, 7) is 5.21. The number of nitrogens with zero attached hydrogens (tertiary/aromatic N) is 3. The fourth-order valence-electron chi connectivity index (χ4n) is 2.10. The van der Waals surface area contributed by atoms with Gasteiger partial charge in [0.25, 0.3) is 0 Å². The molecular weight excluding hydrogens is 262 g/mol. The predicted octanol–water partition coefficient (Wildman–Crippen LogP) is 3.78. The van der Waals surface area contributed by atoms with Crippen molar-refractivity contribution in [3.8, 4) is 0 Å². The normalized spacial score (nSPS) is 10.4. The first kappa shape index (κ1) is 15.2. The lowest BCUT2D eigenvalue weighted by Gasteiger charge is -2.10. The minimum absolute atomic E-state index is 0.574. The largest absolute Gasteiger partial charge is 0.353 e. The van der Waals surface area contributed by atoms with Gasteiger partial charge >= 0.3 is 0 Å². The zero-order valence-corrected chi connectivity index (χ0v) is 12.8. The molecule has 2 N–H and O–H groups in total. The van der Waals surface area contributed by atoms with Crippen LogP contribution in [0.2, 0.25) is 0 Å². The van der Waals surface area contributed by atoms with Crippen LogP contribution in [0.25, 0.3) is 0 Å². The van der Waals surface area contributed by atoms with Gasteiger partial charge in [-0.3, -0.25) is 0 Å². The van der Waals surface area contributed by atoms with Crippen molar-refractivity contribution in [2.75, 3.05) is 17.2 Å². The molecule has 0 saturated heterocycles. The van der Waals surface area contributed by atoms with Crippen LogP contribution in [0.4, 0.5) is 17.5 Å². The summed E-state index contributed by atoms with van der Waals surface area (Å²) in [5.41, 5.74) is 2.33. The summed E-state index contributed by atoms with van der Waals surface area (Å²) in [7, 11) is 0. The van der Waals surface area contributed by atoms with Gasteiger partial charge in [0.05, 0.1) is 6.20 Å². The zero-order chi connectivity index (χ0) is 14.9. The molecule has 0 aliphatic heterocycles. The Morgan fingerprint density at radius 3 is 2.76 bits per heavy atom. The Kier molecular flexibility index (Phi) is 5.94. The maximum absolute atomic E-state index is 4.45. The van der Waals surface area contributed by atoms with E-state index >= 15 is 0 Å². The Morgan fingerprint density at radius 1 is 1.10 bits per heavy atom. The van der Waals surface area contributed by atoms with E-state index in [1.165, 1.54) is 18.4 Å². The highest BCUT2D eigenvalue weighted by Crippen LogP contribution is 2.19. The smallest absolute Gasteiger partial charge is 0.244 e. The third kappa shape index (κ3) is 4.70. The van der Waals surface area contributed by atoms with Gasteiger partial charge in [-0.05, 0) is 24.5 Å². The fraction of sp³-hybridized carbons (Fsp3) is 0.438. The summed E-state index contributed by atoms with van der Waals surface area (Å²) in [5, 5.41) is 14.5. The average molecular weight is 285 g/mol. The van der Waals surface area contributed by atoms with Gasteiger partial charge in [0.1, 0.15) is 0 Å². The second-order valence-corrected chi connectivity index (χ2v) is 4.93. The fourth-order valence-corrected chi connectivity index (χ4v) is 2.10. The SMILES string of the molecule is CCCCCNc1nncc(Nc2ccccc2CC)n1. The summed E-state index contributed by atoms with van der Waals surface area (Å²) in [6.07, 6.45) is 6.15. The molecule has 1 aromatic carbocycles. The molecular formula is C16H23N5. The number of anilines is 3. The van der Waals surface area contributed by atoms with Gasteiger partial charge in [0.15, 0.2) is 5.82 Å². The first-order valence-corrected chi connectivity index (χ1v) is 7.62. The first-order chi connectivity index (χ1) is 10.3. The molecule has 0 aliphatic carbocycles. The first-order valence-electron chi connectivity index (χ1n) is 7.62. The molecule has 0 aliphatic rings. The van der Waals surface area contributed by atoms with E-state index in [-0.39, 0.29) is 0 Å². The molecule has 2 aromatic rings. The molecule has 0 spiro atoms. The molecule has 21 heavy (non-hydrogen) atoms. The van der Waals surface area contributed by atoms with Crippen LogP contribution in [-0.2, 0) is 6.42 Å². The van der Waals surface area contributed by atoms with Crippen LogP contribution in [0.5, 0.6) is 0 Å². The van der Waals surface area contributed by atoms with Crippen LogP contribution in [-0.4, -0.2) is 21.7 Å². The van der Waals surface area contributed by atoms with E-state index in [9.17, 15) is 0 Å². The molecule has 0 fully saturated rings. The van der Waals surface area contributed by atoms with E-state index in [0.29, 0.717) is 11.8 Å². The number of nitrogens with one attached hydrogen (secondary N) is 2. The van der Waals surface area contributed by atoms with Crippen molar-refractivity contribution in [1.82, 2.24) is 15.2 Å². The number of aromatic nitrogens is 3. The molecule has 1 aromatic heterocycles. The molecule has 0 bridgehead atoms. The number of aryl methyl sites for hydroxylation is 1. The van der Waals surface area contributed by atoms with E-state index in [4.69, 9.17) is 0 Å². The zero-order valence-electron chi connectivity index (χ0n) is 12.8. The maximum Gasteiger partial charge on any atom is 0.244 e. The predicted molar refractivity (Wildman–Crippen MR) is 86.9 cm³/mol. The van der Waals surface area contributed by atoms with Crippen molar-refractivity contribution < 1.29 is 0 Å². The summed E-state index contributed by atoms with van der Waals surface area (Å²) in [5.74, 6) is 1.29. The lowest BCUT2D eigenvalue weighted by molar-refractivity contribution is 0.738. The summed E-state index contributed by atoms with van der Waals surface area (Å²) in [6, 6.07) is 8.22. The quantitative estimate of drug-likeness (QED) is 0.723. The van der Waals surface area contributed by atoms with Crippen molar-refractivity contribution >= 4 is 17.5 Å². The van der Waals surface area contributed by atoms with Gasteiger partial charge in [-0.1, -0.05) is 44.9 Å². The van der Waals surface area contributed by atoms with Crippen molar-refractivity contribution in [2.24, 2.45) is 0 Å². The third-order valence-corrected chi connectivity index (χ3v) is 3.28. The maximum atomic E-state index is 4.45. The Bertz CT molecular complexity index is 556. The van der Waals surface area contributed by atoms with Gasteiger partial charge in [0.2, 0.25) is 5.95 Å². The molecule has 2 rings (SSSR count). The summed E-state index contributed by atoms with van der Waals surface area (Å²) >= 11 is 0. The lowest BCUT2D eigenvalue weighted by atomic mass is 10.1. The van der Waals surface area contributed by atoms with Crippen LogP contribution in [0.15, 0.2) is 30.5 Å². The number of hydrogen-bond donors (Lipinski definition) is 2. The number of benzene rings is 1. The molecule has 0 atom stereocenters. The molecule has 5 nitrogen and oxygen atoms in total. The van der Waals surface area contributed by atoms with Gasteiger partial charge in [-0.15, -0.1) is 5.10 Å². The highest BCUT2D eigenvalue weighted by atomic mass is 15.3. The number of hydrogen-bond acceptors (Lipinski definition) is 5. The van der Waals surface area contributed by atoms with Gasteiger partial charge in [-0.2, -0.15) is 10.1 Å². The number of unbranched alkanes of at least 4 members (excludes halogenated alkanes) is 2. The summed E-state index contributed by atoms with van der Waals surface area (Å²) in [4.78, 5) is 4.45. The van der Waals surface area contributed by atoms with Gasteiger partial charge in [-0.25, -0.2) is 0 Å². The van der Waals surface area contributed by atoms with Crippen LogP contribution in [0.3, 0.4) is 0 Å². The molecule has 0 unspecified atom stereocenters. The standard InChI is InChI=1S/C16H23N5/c1-3-5-8-11-17-16-20-15(12-18-21-16)19-14-10-7-6-9-13(14)4-2/h6-7,9-10,12H,3-5,8,11H2,1-2H3,(H2,17,19,20,21). The number of rotatable bonds is 8. The monoisotopic (exact) mass is 285 g/mol. The lowest BCUT2D eigenvalue weighted by Crippen LogP contribution is -2.08. The van der Waals surface area contributed by atoms with E-state index in [0.717, 1.165) is 25.1 Å². The Balaban J connectivity index is 2.00. The Morgan fingerprint density at radius 2 is 1.95 bits per heavy atom. The van der Waals surface area contributed by atoms with E-state index in [1.807, 2.05) is 12.1 Å². The minimum atomic E-state index is 0.574. The highest BCUT2D eigenvalue weighted by molar-refractivity contribution is 5.60. The minimum Gasteiger partial charge on any atom is -0.353 e. The van der Waals surface area contributed by atoms with Crippen molar-refractivity contribution in [3.63, 3.8) is 0 Å². The van der Waals surface area contributed by atoms with Crippen LogP contribution >= 0.6 is 0 Å². The molecule has 5 heteroatoms. The van der Waals surface area contributed by atoms with Crippen LogP contribution < -0.4 is 10.6 Å². The average Bonchev–Trinajstić information content (AvgIpc) is 2.52. The second kappa shape index (κ2) is 8.19. The van der Waals surface area contributed by atoms with Crippen molar-refractivity contribution in [2.45, 2.75) is 39.5 Å². The molecule has 1 heterocycles. The summed E-state index contributed by atoms with van der Waals surface area (Å²) < 4.78 is 0. The van der Waals surface area contributed by atoms with Crippen molar-refractivity contribution in [3.05, 3.63) is 36.0 Å². The number of para-hydroxylation sites is 1.